The van der Waals surface area contributed by atoms with Crippen LogP contribution in [0.25, 0.3) is 0 Å². The Kier molecular flexibility index (Phi) is 1.26. The monoisotopic (exact) mass is 134 g/mol. The summed E-state index contributed by atoms with van der Waals surface area (Å²) in [6.45, 7) is 5.49. The van der Waals surface area contributed by atoms with Crippen LogP contribution in [0.1, 0.15) is 30.1 Å². The van der Waals surface area contributed by atoms with Gasteiger partial charge in [-0.05, 0) is 25.7 Å². The number of imidazole rings is 1. The zero-order chi connectivity index (χ0) is 6.97. The van der Waals surface area contributed by atoms with Crippen LogP contribution in [0, 0.1) is 6.92 Å². The van der Waals surface area contributed by atoms with E-state index >= 15 is 0 Å². The lowest BCUT2D eigenvalue weighted by molar-refractivity contribution is 0.667. The molecule has 0 amide bonds. The van der Waals surface area contributed by atoms with Gasteiger partial charge in [0.1, 0.15) is 5.82 Å². The molecule has 52 valence electrons. The van der Waals surface area contributed by atoms with Gasteiger partial charge < -0.3 is 4.98 Å². The highest BCUT2D eigenvalue weighted by Crippen LogP contribution is 2.17. The van der Waals surface area contributed by atoms with Gasteiger partial charge in [0.2, 0.25) is 0 Å². The molecule has 2 nitrogen and oxygen atoms in total. The number of hydrogen-bond donors (Lipinski definition) is 1. The van der Waals surface area contributed by atoms with Crippen LogP contribution in [0.5, 0.6) is 0 Å². The van der Waals surface area contributed by atoms with Crippen molar-refractivity contribution >= 4 is 0 Å². The predicted octanol–water partition coefficient (Wildman–Crippen LogP) is 1.35. The molecule has 1 heterocycles. The van der Waals surface area contributed by atoms with Crippen LogP contribution >= 0.6 is 0 Å². The fraction of sp³-hybridized carbons (Fsp3) is 0.500. The summed E-state index contributed by atoms with van der Waals surface area (Å²) in [6, 6.07) is 0. The maximum absolute atomic E-state index is 5.49. The van der Waals surface area contributed by atoms with Crippen LogP contribution in [0.4, 0.5) is 0 Å². The summed E-state index contributed by atoms with van der Waals surface area (Å²) >= 11 is 0. The predicted molar refractivity (Wildman–Crippen MR) is 38.6 cm³/mol. The van der Waals surface area contributed by atoms with Gasteiger partial charge >= 0.3 is 0 Å². The minimum Gasteiger partial charge on any atom is -0.345 e. The van der Waals surface area contributed by atoms with Crippen LogP contribution in [0.2, 0.25) is 0 Å². The SMILES string of the molecule is [CH]c1nc2c([nH]1)CCCC2. The van der Waals surface area contributed by atoms with Crippen LogP contribution < -0.4 is 0 Å². The van der Waals surface area contributed by atoms with Crippen molar-refractivity contribution in [1.29, 1.82) is 0 Å². The van der Waals surface area contributed by atoms with Gasteiger partial charge in [0, 0.05) is 12.6 Å². The Hall–Kier alpha value is -0.790. The summed E-state index contributed by atoms with van der Waals surface area (Å²) in [5.74, 6) is 0.576. The fourth-order valence-corrected chi connectivity index (χ4v) is 1.48. The number of aromatic amines is 1. The number of hydrogen-bond acceptors (Lipinski definition) is 1. The van der Waals surface area contributed by atoms with Crippen LogP contribution in [-0.2, 0) is 12.8 Å². The van der Waals surface area contributed by atoms with Gasteiger partial charge in [-0.1, -0.05) is 0 Å². The molecule has 2 heteroatoms. The zero-order valence-electron chi connectivity index (χ0n) is 5.85. The van der Waals surface area contributed by atoms with Crippen molar-refractivity contribution in [2.75, 3.05) is 0 Å². The Labute approximate surface area is 60.7 Å². The van der Waals surface area contributed by atoms with Crippen LogP contribution in [0.3, 0.4) is 0 Å². The van der Waals surface area contributed by atoms with E-state index < -0.39 is 0 Å². The second-order valence-corrected chi connectivity index (χ2v) is 2.75. The molecule has 1 N–H and O–H groups in total. The van der Waals surface area contributed by atoms with E-state index in [0.717, 1.165) is 12.8 Å². The number of nitrogens with zero attached hydrogens (tertiary/aromatic N) is 1. The minimum atomic E-state index is 0.576. The van der Waals surface area contributed by atoms with Crippen molar-refractivity contribution in [2.24, 2.45) is 0 Å². The van der Waals surface area contributed by atoms with Gasteiger partial charge in [-0.3, -0.25) is 0 Å². The number of nitrogens with one attached hydrogen (secondary N) is 1. The number of fused-ring (bicyclic) bond motifs is 1. The Morgan fingerprint density at radius 2 is 2.10 bits per heavy atom. The summed E-state index contributed by atoms with van der Waals surface area (Å²) in [5.41, 5.74) is 2.44. The highest BCUT2D eigenvalue weighted by Gasteiger charge is 2.11. The van der Waals surface area contributed by atoms with E-state index in [9.17, 15) is 0 Å². The van der Waals surface area contributed by atoms with Crippen molar-refractivity contribution < 1.29 is 0 Å². The van der Waals surface area contributed by atoms with Crippen LogP contribution in [-0.4, -0.2) is 9.97 Å². The van der Waals surface area contributed by atoms with Crippen molar-refractivity contribution in [3.05, 3.63) is 24.1 Å². The smallest absolute Gasteiger partial charge is 0.111 e. The molecule has 1 aromatic heterocycles. The molecule has 2 rings (SSSR count). The first-order valence-corrected chi connectivity index (χ1v) is 3.69. The molecule has 2 radical (unpaired) electrons. The largest absolute Gasteiger partial charge is 0.345 e. The quantitative estimate of drug-likeness (QED) is 0.570. The third kappa shape index (κ3) is 0.838. The lowest BCUT2D eigenvalue weighted by Crippen LogP contribution is -2.00. The van der Waals surface area contributed by atoms with Gasteiger partial charge in [-0.25, -0.2) is 4.98 Å². The van der Waals surface area contributed by atoms with Crippen molar-refractivity contribution in [2.45, 2.75) is 25.7 Å². The Balaban J connectivity index is 2.41. The highest BCUT2D eigenvalue weighted by molar-refractivity contribution is 5.18. The Morgan fingerprint density at radius 3 is 2.90 bits per heavy atom. The molecule has 1 aliphatic rings. The average Bonchev–Trinajstić information content (AvgIpc) is 2.27. The third-order valence-corrected chi connectivity index (χ3v) is 1.97. The molecular weight excluding hydrogens is 124 g/mol. The van der Waals surface area contributed by atoms with Gasteiger partial charge in [0.15, 0.2) is 0 Å². The van der Waals surface area contributed by atoms with Crippen molar-refractivity contribution in [3.63, 3.8) is 0 Å². The van der Waals surface area contributed by atoms with E-state index in [0.29, 0.717) is 5.82 Å². The molecule has 0 spiro atoms. The highest BCUT2D eigenvalue weighted by atomic mass is 14.9. The van der Waals surface area contributed by atoms with Gasteiger partial charge in [0.25, 0.3) is 0 Å². The van der Waals surface area contributed by atoms with E-state index in [1.807, 2.05) is 0 Å². The van der Waals surface area contributed by atoms with Crippen LogP contribution in [0.15, 0.2) is 0 Å². The van der Waals surface area contributed by atoms with E-state index in [2.05, 4.69) is 9.97 Å². The van der Waals surface area contributed by atoms with E-state index in [-0.39, 0.29) is 0 Å². The van der Waals surface area contributed by atoms with Gasteiger partial charge in [0.05, 0.1) is 5.69 Å². The molecule has 0 saturated carbocycles. The summed E-state index contributed by atoms with van der Waals surface area (Å²) < 4.78 is 0. The third-order valence-electron chi connectivity index (χ3n) is 1.97. The Morgan fingerprint density at radius 1 is 1.30 bits per heavy atom. The summed E-state index contributed by atoms with van der Waals surface area (Å²) in [4.78, 5) is 7.24. The number of H-pyrrole nitrogens is 1. The number of aryl methyl sites for hydroxylation is 2. The molecule has 0 fully saturated rings. The zero-order valence-corrected chi connectivity index (χ0v) is 5.85. The normalized spacial score (nSPS) is 16.9. The first kappa shape index (κ1) is 5.96. The lowest BCUT2D eigenvalue weighted by Gasteiger charge is -2.07. The maximum atomic E-state index is 5.49. The first-order valence-electron chi connectivity index (χ1n) is 3.69. The van der Waals surface area contributed by atoms with Crippen molar-refractivity contribution in [3.8, 4) is 0 Å². The average molecular weight is 134 g/mol. The molecule has 10 heavy (non-hydrogen) atoms. The lowest BCUT2D eigenvalue weighted by atomic mass is 10.0. The molecule has 1 aromatic rings. The van der Waals surface area contributed by atoms with Gasteiger partial charge in [-0.15, -0.1) is 0 Å². The number of aromatic nitrogens is 2. The first-order chi connectivity index (χ1) is 4.86. The maximum Gasteiger partial charge on any atom is 0.111 e. The minimum absolute atomic E-state index is 0.576. The summed E-state index contributed by atoms with van der Waals surface area (Å²) in [5, 5.41) is 0. The molecule has 0 aliphatic heterocycles. The fourth-order valence-electron chi connectivity index (χ4n) is 1.48. The standard InChI is InChI=1S/C8H10N2/c1-6-9-7-4-2-3-5-8(7)10-6/h1H,2-5H2,(H,9,10). The topological polar surface area (TPSA) is 28.7 Å². The van der Waals surface area contributed by atoms with Gasteiger partial charge in [-0.2, -0.15) is 0 Å². The van der Waals surface area contributed by atoms with E-state index in [1.54, 1.807) is 0 Å². The number of rotatable bonds is 0. The Bertz CT molecular complexity index is 214. The summed E-state index contributed by atoms with van der Waals surface area (Å²) in [7, 11) is 0. The molecule has 0 unspecified atom stereocenters. The molecule has 0 aromatic carbocycles. The van der Waals surface area contributed by atoms with E-state index in [4.69, 9.17) is 6.92 Å². The molecule has 1 aliphatic carbocycles. The second-order valence-electron chi connectivity index (χ2n) is 2.75. The molecule has 0 bridgehead atoms. The van der Waals surface area contributed by atoms with E-state index in [1.165, 1.54) is 24.2 Å². The summed E-state index contributed by atoms with van der Waals surface area (Å²) in [6.07, 6.45) is 4.76. The second kappa shape index (κ2) is 2.11. The molecular formula is C8H10N2. The van der Waals surface area contributed by atoms with Crippen molar-refractivity contribution in [1.82, 2.24) is 9.97 Å². The molecule has 0 saturated heterocycles. The molecule has 0 atom stereocenters.